The molecule has 28 heavy (non-hydrogen) atoms. The first kappa shape index (κ1) is 22.9. The van der Waals surface area contributed by atoms with Gasteiger partial charge in [-0.25, -0.2) is 0 Å². The number of nitrogens with one attached hydrogen (secondary N) is 1. The third-order valence-corrected chi connectivity index (χ3v) is 5.75. The second kappa shape index (κ2) is 11.6. The molecule has 2 unspecified atom stereocenters. The lowest BCUT2D eigenvalue weighted by Crippen LogP contribution is -2.43. The maximum atomic E-state index is 12.2. The molecule has 2 aliphatic rings. The number of benzene rings is 1. The molecule has 0 aromatic heterocycles. The molecular weight excluding hydrogens is 465 g/mol. The average Bonchev–Trinajstić information content (AvgIpc) is 3.29. The predicted molar refractivity (Wildman–Crippen MR) is 125 cm³/mol. The van der Waals surface area contributed by atoms with Crippen molar-refractivity contribution in [2.75, 3.05) is 39.3 Å². The fourth-order valence-electron chi connectivity index (χ4n) is 4.15. The van der Waals surface area contributed by atoms with E-state index in [4.69, 9.17) is 5.73 Å². The zero-order chi connectivity index (χ0) is 19.1. The van der Waals surface area contributed by atoms with Crippen LogP contribution in [-0.2, 0) is 11.2 Å². The highest BCUT2D eigenvalue weighted by atomic mass is 127. The largest absolute Gasteiger partial charge is 0.370 e. The molecule has 2 saturated heterocycles. The zero-order valence-electron chi connectivity index (χ0n) is 16.8. The molecule has 3 N–H and O–H groups in total. The van der Waals surface area contributed by atoms with Crippen LogP contribution < -0.4 is 11.1 Å². The van der Waals surface area contributed by atoms with Crippen LogP contribution in [0.1, 0.15) is 31.7 Å². The molecule has 2 aliphatic heterocycles. The highest BCUT2D eigenvalue weighted by Crippen LogP contribution is 2.19. The zero-order valence-corrected chi connectivity index (χ0v) is 19.2. The number of rotatable bonds is 8. The van der Waals surface area contributed by atoms with Gasteiger partial charge in [0.15, 0.2) is 5.96 Å². The van der Waals surface area contributed by atoms with E-state index in [1.54, 1.807) is 0 Å². The van der Waals surface area contributed by atoms with Crippen LogP contribution in [0.3, 0.4) is 0 Å². The summed E-state index contributed by atoms with van der Waals surface area (Å²) in [5.41, 5.74) is 7.31. The van der Waals surface area contributed by atoms with E-state index in [1.807, 2.05) is 23.1 Å². The van der Waals surface area contributed by atoms with E-state index in [9.17, 15) is 4.79 Å². The van der Waals surface area contributed by atoms with Gasteiger partial charge in [0.25, 0.3) is 0 Å². The van der Waals surface area contributed by atoms with Crippen LogP contribution in [-0.4, -0.2) is 67.0 Å². The minimum Gasteiger partial charge on any atom is -0.370 e. The molecule has 1 aromatic rings. The normalized spacial score (nSPS) is 23.1. The van der Waals surface area contributed by atoms with Gasteiger partial charge in [-0.3, -0.25) is 14.7 Å². The Morgan fingerprint density at radius 3 is 2.86 bits per heavy atom. The number of aliphatic imine (C=N–C) groups is 1. The molecule has 2 heterocycles. The van der Waals surface area contributed by atoms with Crippen molar-refractivity contribution in [2.45, 2.75) is 38.6 Å². The summed E-state index contributed by atoms with van der Waals surface area (Å²) in [5.74, 6) is 1.02. The maximum absolute atomic E-state index is 12.2. The van der Waals surface area contributed by atoms with Crippen LogP contribution in [0.4, 0.5) is 0 Å². The number of nitrogens with zero attached hydrogens (tertiary/aromatic N) is 3. The summed E-state index contributed by atoms with van der Waals surface area (Å²) in [6.07, 6.45) is 3.97. The summed E-state index contributed by atoms with van der Waals surface area (Å²) < 4.78 is 0. The third kappa shape index (κ3) is 6.62. The summed E-state index contributed by atoms with van der Waals surface area (Å²) in [6.45, 7) is 7.52. The molecule has 0 radical (unpaired) electrons. The molecule has 6 nitrogen and oxygen atoms in total. The highest BCUT2D eigenvalue weighted by molar-refractivity contribution is 14.0. The first-order chi connectivity index (χ1) is 13.2. The molecular formula is C21H34IN5O. The number of carbonyl (C=O) groups is 1. The van der Waals surface area contributed by atoms with Crippen LogP contribution in [0.2, 0.25) is 0 Å². The first-order valence-corrected chi connectivity index (χ1v) is 10.2. The second-order valence-corrected chi connectivity index (χ2v) is 7.68. The number of likely N-dealkylation sites (N-methyl/N-ethyl adjacent to an activating group) is 1. The molecule has 2 atom stereocenters. The van der Waals surface area contributed by atoms with E-state index in [0.29, 0.717) is 25.0 Å². The van der Waals surface area contributed by atoms with Gasteiger partial charge in [-0.15, -0.1) is 24.0 Å². The number of carbonyl (C=O) groups excluding carboxylic acids is 1. The highest BCUT2D eigenvalue weighted by Gasteiger charge is 2.29. The topological polar surface area (TPSA) is 74.0 Å². The summed E-state index contributed by atoms with van der Waals surface area (Å²) in [5, 5.41) is 3.27. The van der Waals surface area contributed by atoms with Crippen molar-refractivity contribution in [1.82, 2.24) is 15.1 Å². The van der Waals surface area contributed by atoms with Crippen LogP contribution in [0, 0.1) is 5.92 Å². The number of hydrogen-bond acceptors (Lipinski definition) is 3. The Hall–Kier alpha value is -1.35. The average molecular weight is 499 g/mol. The van der Waals surface area contributed by atoms with Gasteiger partial charge in [-0.2, -0.15) is 0 Å². The Bertz CT molecular complexity index is 639. The van der Waals surface area contributed by atoms with Crippen molar-refractivity contribution in [1.29, 1.82) is 0 Å². The minimum absolute atomic E-state index is 0. The van der Waals surface area contributed by atoms with E-state index in [2.05, 4.69) is 34.3 Å². The van der Waals surface area contributed by atoms with Gasteiger partial charge in [0.1, 0.15) is 0 Å². The van der Waals surface area contributed by atoms with E-state index in [0.717, 1.165) is 32.6 Å². The Balaban J connectivity index is 0.00000280. The number of hydrogen-bond donors (Lipinski definition) is 2. The quantitative estimate of drug-likeness (QED) is 0.327. The summed E-state index contributed by atoms with van der Waals surface area (Å²) in [7, 11) is 0. The van der Waals surface area contributed by atoms with E-state index in [-0.39, 0.29) is 35.8 Å². The number of guanidine groups is 1. The Morgan fingerprint density at radius 1 is 1.32 bits per heavy atom. The maximum Gasteiger partial charge on any atom is 0.223 e. The predicted octanol–water partition coefficient (Wildman–Crippen LogP) is 2.08. The standard InChI is InChI=1S/C21H33N5O.HI/c1-2-25-11-6-9-19(25)15-24-21(22)23-14-18-13-20(27)26(16-18)12-10-17-7-4-3-5-8-17;/h3-5,7-8,18-19H,2,6,9-16H2,1H3,(H3,22,23,24);1H. The molecule has 1 amide bonds. The molecule has 0 aliphatic carbocycles. The van der Waals surface area contributed by atoms with Crippen molar-refractivity contribution < 1.29 is 4.79 Å². The number of amides is 1. The van der Waals surface area contributed by atoms with Crippen molar-refractivity contribution in [2.24, 2.45) is 16.6 Å². The minimum atomic E-state index is 0. The number of nitrogens with two attached hydrogens (primary N) is 1. The van der Waals surface area contributed by atoms with Crippen LogP contribution in [0.5, 0.6) is 0 Å². The molecule has 0 saturated carbocycles. The number of halogens is 1. The Labute approximate surface area is 186 Å². The second-order valence-electron chi connectivity index (χ2n) is 7.68. The molecule has 7 heteroatoms. The van der Waals surface area contributed by atoms with Gasteiger partial charge in [0.05, 0.1) is 0 Å². The van der Waals surface area contributed by atoms with Crippen LogP contribution in [0.25, 0.3) is 0 Å². The van der Waals surface area contributed by atoms with Crippen molar-refractivity contribution >= 4 is 35.8 Å². The van der Waals surface area contributed by atoms with Crippen LogP contribution in [0.15, 0.2) is 35.3 Å². The number of likely N-dealkylation sites (tertiary alicyclic amines) is 2. The molecule has 1 aromatic carbocycles. The fraction of sp³-hybridized carbons (Fsp3) is 0.619. The van der Waals surface area contributed by atoms with Gasteiger partial charge in [0.2, 0.25) is 5.91 Å². The monoisotopic (exact) mass is 499 g/mol. The molecule has 0 spiro atoms. The molecule has 2 fully saturated rings. The SMILES string of the molecule is CCN1CCCC1CNC(N)=NCC1CC(=O)N(CCc2ccccc2)C1.I. The molecule has 156 valence electrons. The molecule has 0 bridgehead atoms. The Morgan fingerprint density at radius 2 is 2.11 bits per heavy atom. The van der Waals surface area contributed by atoms with Gasteiger partial charge < -0.3 is 16.0 Å². The van der Waals surface area contributed by atoms with Gasteiger partial charge in [-0.1, -0.05) is 37.3 Å². The van der Waals surface area contributed by atoms with E-state index in [1.165, 1.54) is 24.9 Å². The van der Waals surface area contributed by atoms with Gasteiger partial charge in [-0.05, 0) is 37.9 Å². The van der Waals surface area contributed by atoms with Crippen molar-refractivity contribution in [3.05, 3.63) is 35.9 Å². The summed E-state index contributed by atoms with van der Waals surface area (Å²) in [4.78, 5) is 21.2. The van der Waals surface area contributed by atoms with Crippen molar-refractivity contribution in [3.8, 4) is 0 Å². The summed E-state index contributed by atoms with van der Waals surface area (Å²) in [6, 6.07) is 10.9. The lowest BCUT2D eigenvalue weighted by Gasteiger charge is -2.23. The lowest BCUT2D eigenvalue weighted by molar-refractivity contribution is -0.127. The fourth-order valence-corrected chi connectivity index (χ4v) is 4.15. The van der Waals surface area contributed by atoms with E-state index >= 15 is 0 Å². The van der Waals surface area contributed by atoms with Crippen molar-refractivity contribution in [3.63, 3.8) is 0 Å². The Kier molecular flexibility index (Phi) is 9.50. The van der Waals surface area contributed by atoms with E-state index < -0.39 is 0 Å². The smallest absolute Gasteiger partial charge is 0.223 e. The lowest BCUT2D eigenvalue weighted by atomic mass is 10.1. The van der Waals surface area contributed by atoms with Gasteiger partial charge in [0, 0.05) is 44.6 Å². The third-order valence-electron chi connectivity index (χ3n) is 5.75. The summed E-state index contributed by atoms with van der Waals surface area (Å²) >= 11 is 0. The van der Waals surface area contributed by atoms with Crippen LogP contribution >= 0.6 is 24.0 Å². The first-order valence-electron chi connectivity index (χ1n) is 10.2. The van der Waals surface area contributed by atoms with Gasteiger partial charge >= 0.3 is 0 Å². The molecule has 3 rings (SSSR count).